The zero-order valence-corrected chi connectivity index (χ0v) is 6.89. The molecule has 0 saturated carbocycles. The molecule has 1 aromatic rings. The van der Waals surface area contributed by atoms with Gasteiger partial charge >= 0.3 is 0 Å². The SMILES string of the molecule is CCCc1occc1C(C)=O. The van der Waals surface area contributed by atoms with Crippen LogP contribution in [-0.2, 0) is 6.42 Å². The normalized spacial score (nSPS) is 10.0. The third-order valence-electron chi connectivity index (χ3n) is 1.60. The molecule has 0 aromatic carbocycles. The lowest BCUT2D eigenvalue weighted by Crippen LogP contribution is -1.94. The van der Waals surface area contributed by atoms with Gasteiger partial charge in [-0.15, -0.1) is 0 Å². The lowest BCUT2D eigenvalue weighted by molar-refractivity contribution is 0.101. The first-order chi connectivity index (χ1) is 5.25. The van der Waals surface area contributed by atoms with Gasteiger partial charge in [0.15, 0.2) is 5.78 Å². The molecule has 0 radical (unpaired) electrons. The predicted octanol–water partition coefficient (Wildman–Crippen LogP) is 2.43. The highest BCUT2D eigenvalue weighted by Gasteiger charge is 2.08. The Bertz CT molecular complexity index is 248. The number of hydrogen-bond acceptors (Lipinski definition) is 2. The molecule has 0 spiro atoms. The molecule has 0 amide bonds. The maximum Gasteiger partial charge on any atom is 0.163 e. The summed E-state index contributed by atoms with van der Waals surface area (Å²) in [6.45, 7) is 3.62. The Morgan fingerprint density at radius 1 is 1.64 bits per heavy atom. The molecular weight excluding hydrogens is 140 g/mol. The van der Waals surface area contributed by atoms with Crippen LogP contribution in [0.25, 0.3) is 0 Å². The molecule has 1 aromatic heterocycles. The van der Waals surface area contributed by atoms with Crippen molar-refractivity contribution in [3.63, 3.8) is 0 Å². The number of aryl methyl sites for hydroxylation is 1. The van der Waals surface area contributed by atoms with Crippen molar-refractivity contribution in [2.24, 2.45) is 0 Å². The Balaban J connectivity index is 2.87. The first-order valence-electron chi connectivity index (χ1n) is 3.83. The van der Waals surface area contributed by atoms with Crippen LogP contribution >= 0.6 is 0 Å². The van der Waals surface area contributed by atoms with Crippen molar-refractivity contribution in [2.45, 2.75) is 26.7 Å². The third-order valence-corrected chi connectivity index (χ3v) is 1.60. The van der Waals surface area contributed by atoms with Crippen molar-refractivity contribution in [1.29, 1.82) is 0 Å². The maximum atomic E-state index is 10.9. The molecule has 2 heteroatoms. The average molecular weight is 152 g/mol. The van der Waals surface area contributed by atoms with Crippen molar-refractivity contribution in [2.75, 3.05) is 0 Å². The van der Waals surface area contributed by atoms with Crippen LogP contribution < -0.4 is 0 Å². The number of Topliss-reactive ketones (excluding diaryl/α,β-unsaturated/α-hetero) is 1. The molecule has 2 nitrogen and oxygen atoms in total. The summed E-state index contributed by atoms with van der Waals surface area (Å²) in [4.78, 5) is 10.9. The Hall–Kier alpha value is -1.05. The molecule has 0 aliphatic rings. The minimum atomic E-state index is 0.0854. The molecule has 0 atom stereocenters. The summed E-state index contributed by atoms with van der Waals surface area (Å²) in [7, 11) is 0. The van der Waals surface area contributed by atoms with Crippen LogP contribution in [0.3, 0.4) is 0 Å². The smallest absolute Gasteiger partial charge is 0.163 e. The Labute approximate surface area is 66.2 Å². The molecule has 1 rings (SSSR count). The maximum absolute atomic E-state index is 10.9. The Kier molecular flexibility index (Phi) is 2.47. The third kappa shape index (κ3) is 1.70. The fourth-order valence-corrected chi connectivity index (χ4v) is 1.07. The lowest BCUT2D eigenvalue weighted by Gasteiger charge is -1.94. The molecule has 0 saturated heterocycles. The van der Waals surface area contributed by atoms with Crippen LogP contribution in [0.5, 0.6) is 0 Å². The van der Waals surface area contributed by atoms with Crippen molar-refractivity contribution in [1.82, 2.24) is 0 Å². The zero-order chi connectivity index (χ0) is 8.27. The number of rotatable bonds is 3. The van der Waals surface area contributed by atoms with E-state index in [1.807, 2.05) is 0 Å². The lowest BCUT2D eigenvalue weighted by atomic mass is 10.1. The van der Waals surface area contributed by atoms with Crippen LogP contribution in [0.2, 0.25) is 0 Å². The van der Waals surface area contributed by atoms with E-state index >= 15 is 0 Å². The molecule has 60 valence electrons. The van der Waals surface area contributed by atoms with Gasteiger partial charge < -0.3 is 4.42 Å². The van der Waals surface area contributed by atoms with E-state index in [4.69, 9.17) is 4.42 Å². The minimum Gasteiger partial charge on any atom is -0.469 e. The van der Waals surface area contributed by atoms with Crippen molar-refractivity contribution >= 4 is 5.78 Å². The van der Waals surface area contributed by atoms with Gasteiger partial charge in [0, 0.05) is 6.42 Å². The second kappa shape index (κ2) is 3.37. The van der Waals surface area contributed by atoms with Gasteiger partial charge in [0.25, 0.3) is 0 Å². The molecule has 0 N–H and O–H groups in total. The van der Waals surface area contributed by atoms with Crippen LogP contribution in [0.1, 0.15) is 36.4 Å². The molecule has 0 fully saturated rings. The summed E-state index contributed by atoms with van der Waals surface area (Å²) in [6.07, 6.45) is 3.43. The summed E-state index contributed by atoms with van der Waals surface area (Å²) >= 11 is 0. The second-order valence-electron chi connectivity index (χ2n) is 2.56. The van der Waals surface area contributed by atoms with Gasteiger partial charge in [-0.3, -0.25) is 4.79 Å². The number of ketones is 1. The fraction of sp³-hybridized carbons (Fsp3) is 0.444. The summed E-state index contributed by atoms with van der Waals surface area (Å²) in [5.74, 6) is 0.905. The first-order valence-corrected chi connectivity index (χ1v) is 3.83. The van der Waals surface area contributed by atoms with Gasteiger partial charge in [0.2, 0.25) is 0 Å². The van der Waals surface area contributed by atoms with Crippen molar-refractivity contribution in [3.8, 4) is 0 Å². The molecule has 11 heavy (non-hydrogen) atoms. The van der Waals surface area contributed by atoms with Gasteiger partial charge in [0.05, 0.1) is 11.8 Å². The number of carbonyl (C=O) groups excluding carboxylic acids is 1. The summed E-state index contributed by atoms with van der Waals surface area (Å²) in [6, 6.07) is 1.73. The van der Waals surface area contributed by atoms with E-state index in [2.05, 4.69) is 6.92 Å². The Morgan fingerprint density at radius 2 is 2.36 bits per heavy atom. The van der Waals surface area contributed by atoms with Crippen molar-refractivity contribution in [3.05, 3.63) is 23.7 Å². The molecule has 0 aliphatic heterocycles. The van der Waals surface area contributed by atoms with E-state index in [1.165, 1.54) is 0 Å². The largest absolute Gasteiger partial charge is 0.469 e. The average Bonchev–Trinajstić information content (AvgIpc) is 2.36. The number of furan rings is 1. The van der Waals surface area contributed by atoms with Gasteiger partial charge in [-0.2, -0.15) is 0 Å². The molecule has 0 aliphatic carbocycles. The van der Waals surface area contributed by atoms with E-state index in [1.54, 1.807) is 19.3 Å². The highest BCUT2D eigenvalue weighted by molar-refractivity contribution is 5.94. The quantitative estimate of drug-likeness (QED) is 0.622. The molecule has 1 heterocycles. The van der Waals surface area contributed by atoms with Gasteiger partial charge in [-0.1, -0.05) is 6.92 Å². The monoisotopic (exact) mass is 152 g/mol. The van der Waals surface area contributed by atoms with E-state index in [0.29, 0.717) is 0 Å². The van der Waals surface area contributed by atoms with Crippen LogP contribution in [0, 0.1) is 0 Å². The molecule has 0 unspecified atom stereocenters. The van der Waals surface area contributed by atoms with E-state index in [0.717, 1.165) is 24.2 Å². The first kappa shape index (κ1) is 8.05. The van der Waals surface area contributed by atoms with Crippen LogP contribution in [0.15, 0.2) is 16.7 Å². The Morgan fingerprint density at radius 3 is 2.91 bits per heavy atom. The highest BCUT2D eigenvalue weighted by atomic mass is 16.3. The summed E-state index contributed by atoms with van der Waals surface area (Å²) in [5.41, 5.74) is 0.729. The summed E-state index contributed by atoms with van der Waals surface area (Å²) < 4.78 is 5.15. The number of hydrogen-bond donors (Lipinski definition) is 0. The second-order valence-corrected chi connectivity index (χ2v) is 2.56. The van der Waals surface area contributed by atoms with E-state index in [9.17, 15) is 4.79 Å². The summed E-state index contributed by atoms with van der Waals surface area (Å²) in [5, 5.41) is 0. The fourth-order valence-electron chi connectivity index (χ4n) is 1.07. The van der Waals surface area contributed by atoms with E-state index in [-0.39, 0.29) is 5.78 Å². The number of carbonyl (C=O) groups is 1. The van der Waals surface area contributed by atoms with Gasteiger partial charge in [-0.25, -0.2) is 0 Å². The van der Waals surface area contributed by atoms with Crippen molar-refractivity contribution < 1.29 is 9.21 Å². The predicted molar refractivity (Wildman–Crippen MR) is 42.7 cm³/mol. The van der Waals surface area contributed by atoms with Gasteiger partial charge in [-0.05, 0) is 19.4 Å². The molecule has 0 bridgehead atoms. The zero-order valence-electron chi connectivity index (χ0n) is 6.89. The minimum absolute atomic E-state index is 0.0854. The van der Waals surface area contributed by atoms with Gasteiger partial charge in [0.1, 0.15) is 5.76 Å². The van der Waals surface area contributed by atoms with Crippen LogP contribution in [-0.4, -0.2) is 5.78 Å². The van der Waals surface area contributed by atoms with Crippen LogP contribution in [0.4, 0.5) is 0 Å². The topological polar surface area (TPSA) is 30.2 Å². The van der Waals surface area contributed by atoms with E-state index < -0.39 is 0 Å². The standard InChI is InChI=1S/C9H12O2/c1-3-4-9-8(7(2)10)5-6-11-9/h5-6H,3-4H2,1-2H3. The highest BCUT2D eigenvalue weighted by Crippen LogP contribution is 2.12. The molecular formula is C9H12O2.